The van der Waals surface area contributed by atoms with Crippen molar-refractivity contribution in [3.63, 3.8) is 0 Å². The normalized spacial score (nSPS) is 24.4. The summed E-state index contributed by atoms with van der Waals surface area (Å²) < 4.78 is 98.0. The highest BCUT2D eigenvalue weighted by Gasteiger charge is 2.47. The first kappa shape index (κ1) is 122. The molecule has 16 atom stereocenters. The van der Waals surface area contributed by atoms with Gasteiger partial charge in [0.2, 0.25) is 23.6 Å². The standard InChI is InChI=1S/C96H175N5O33/c1-4-6-8-10-12-14-16-18-20-22-24-26-28-30-32-36-43-96(44-37-33-31-29-27-25-23-21-19-17-15-13-11-9-7-5-2)130-71-75(134-96)67-101(3)48-38-34-35-39-82(108)100-95(72-124-49-40-79(105)97-45-52-118-55-58-121-61-64-127-92-89(115)86(112)83(109)76(68-102)131-92,73-125-50-41-80(106)98-46-53-119-56-59-122-62-65-128-93-90(116)87(113)84(110)77(69-103)132-93)74-126-51-42-81(107)99-47-54-120-57-60-123-63-66-129-94-91(117)88(114)85(111)78(70-104)133-94/h12-15,18-21,75-78,83-94,102-104,109-117H,4-11,16-17,22-74H2,1-3H3,(H,97,105)(H,98,106)(H,99,107)(H,100,108)/b14-12-,15-13-,20-18-,21-19-/t75-,76?,77?,78?,83+,84+,85+,86-,87-,88-,89?,90?,91?,92+,93+,94+,95?/m0/s1. The van der Waals surface area contributed by atoms with Gasteiger partial charge in [0.1, 0.15) is 78.8 Å². The van der Waals surface area contributed by atoms with E-state index in [1.54, 1.807) is 0 Å². The van der Waals surface area contributed by atoms with Gasteiger partial charge in [-0.1, -0.05) is 146 Å². The Bertz CT molecular complexity index is 2760. The van der Waals surface area contributed by atoms with Crippen LogP contribution in [-0.4, -0.2) is 404 Å². The Morgan fingerprint density at radius 3 is 1.03 bits per heavy atom. The number of amides is 4. The quantitative estimate of drug-likeness (QED) is 0.0302. The van der Waals surface area contributed by atoms with Crippen LogP contribution in [0.4, 0.5) is 0 Å². The fourth-order valence-corrected chi connectivity index (χ4v) is 15.3. The molecule has 0 aromatic heterocycles. The summed E-state index contributed by atoms with van der Waals surface area (Å²) in [6.45, 7) is 5.65. The van der Waals surface area contributed by atoms with Crippen molar-refractivity contribution in [3.8, 4) is 0 Å². The maximum absolute atomic E-state index is 14.3. The zero-order valence-corrected chi connectivity index (χ0v) is 80.8. The van der Waals surface area contributed by atoms with Gasteiger partial charge in [-0.05, 0) is 103 Å². The molecule has 0 radical (unpaired) electrons. The SMILES string of the molecule is CCCCC/C=C\C/C=C\CCCCCCCCC1(CCCCCCCC/C=C\C/C=C\CCCCC)OC[C@H](CN(C)CCCCCC(=O)NC(COCCC(=O)NCCOCCOCCO[C@@H]2OC(CO)[C@@H](O)[C@H](O)C2O)(COCCC(=O)NCCOCCOCCO[C@@H]2OC(CO)[C@@H](O)[C@H](O)C2O)COCCC(=O)NCCOCCOCCO[C@@H]2OC(CO)[C@@H](O)[C@H](O)C2O)O1. The number of unbranched alkanes of at least 4 members (excludes halogenated alkanes) is 20. The molecule has 6 unspecified atom stereocenters. The maximum Gasteiger partial charge on any atom is 0.222 e. The second kappa shape index (κ2) is 79.2. The number of ether oxygens (including phenoxy) is 17. The van der Waals surface area contributed by atoms with E-state index in [4.69, 9.17) is 80.5 Å². The van der Waals surface area contributed by atoms with Gasteiger partial charge >= 0.3 is 0 Å². The van der Waals surface area contributed by atoms with Crippen molar-refractivity contribution in [1.29, 1.82) is 0 Å². The summed E-state index contributed by atoms with van der Waals surface area (Å²) in [7, 11) is 2.09. The molecule has 0 aromatic carbocycles. The van der Waals surface area contributed by atoms with Crippen LogP contribution in [0.2, 0.25) is 0 Å². The molecule has 134 heavy (non-hydrogen) atoms. The van der Waals surface area contributed by atoms with E-state index in [0.717, 1.165) is 83.6 Å². The fourth-order valence-electron chi connectivity index (χ4n) is 15.3. The van der Waals surface area contributed by atoms with Gasteiger partial charge in [-0.3, -0.25) is 19.2 Å². The number of aliphatic hydroxyl groups is 12. The third-order valence-corrected chi connectivity index (χ3v) is 23.2. The predicted molar refractivity (Wildman–Crippen MR) is 498 cm³/mol. The van der Waals surface area contributed by atoms with Crippen LogP contribution in [-0.2, 0) is 99.7 Å². The lowest BCUT2D eigenvalue weighted by molar-refractivity contribution is -0.302. The fraction of sp³-hybridized carbons (Fsp3) is 0.875. The predicted octanol–water partition coefficient (Wildman–Crippen LogP) is 3.97. The number of hydrogen-bond donors (Lipinski definition) is 16. The minimum Gasteiger partial charge on any atom is -0.394 e. The molecule has 0 aliphatic carbocycles. The summed E-state index contributed by atoms with van der Waals surface area (Å²) in [5.74, 6) is -2.00. The van der Waals surface area contributed by atoms with Crippen LogP contribution in [0.25, 0.3) is 0 Å². The molecule has 0 bridgehead atoms. The number of rotatable bonds is 87. The highest BCUT2D eigenvalue weighted by molar-refractivity contribution is 5.77. The number of aliphatic hydroxyl groups excluding tert-OH is 12. The lowest BCUT2D eigenvalue weighted by atomic mass is 9.98. The Hall–Kier alpha value is -4.36. The van der Waals surface area contributed by atoms with Crippen molar-refractivity contribution >= 4 is 23.6 Å². The van der Waals surface area contributed by atoms with Gasteiger partial charge in [-0.15, -0.1) is 0 Å². The van der Waals surface area contributed by atoms with E-state index in [-0.39, 0.29) is 214 Å². The number of nitrogens with one attached hydrogen (secondary N) is 4. The Balaban J connectivity index is 1.34. The van der Waals surface area contributed by atoms with E-state index in [1.807, 2.05) is 0 Å². The average Bonchev–Trinajstić information content (AvgIpc) is 1.32. The van der Waals surface area contributed by atoms with Crippen molar-refractivity contribution < 1.29 is 161 Å². The van der Waals surface area contributed by atoms with Crippen molar-refractivity contribution in [2.45, 2.75) is 335 Å². The molecule has 4 aliphatic rings. The third kappa shape index (κ3) is 56.3. The molecule has 4 heterocycles. The molecule has 4 saturated heterocycles. The van der Waals surface area contributed by atoms with Crippen LogP contribution in [0.15, 0.2) is 48.6 Å². The molecule has 4 rings (SSSR count). The van der Waals surface area contributed by atoms with Crippen LogP contribution in [0, 0.1) is 0 Å². The van der Waals surface area contributed by atoms with Crippen molar-refractivity contribution in [1.82, 2.24) is 26.2 Å². The van der Waals surface area contributed by atoms with E-state index in [2.05, 4.69) is 95.7 Å². The largest absolute Gasteiger partial charge is 0.394 e. The van der Waals surface area contributed by atoms with Gasteiger partial charge in [0.15, 0.2) is 24.7 Å². The van der Waals surface area contributed by atoms with E-state index in [9.17, 15) is 80.5 Å². The van der Waals surface area contributed by atoms with Crippen LogP contribution in [0.3, 0.4) is 0 Å². The van der Waals surface area contributed by atoms with Gasteiger partial charge in [-0.25, -0.2) is 0 Å². The van der Waals surface area contributed by atoms with Crippen molar-refractivity contribution in [3.05, 3.63) is 48.6 Å². The van der Waals surface area contributed by atoms with Crippen molar-refractivity contribution in [2.24, 2.45) is 0 Å². The van der Waals surface area contributed by atoms with Crippen LogP contribution < -0.4 is 21.3 Å². The third-order valence-electron chi connectivity index (χ3n) is 23.2. The van der Waals surface area contributed by atoms with E-state index >= 15 is 0 Å². The highest BCUT2D eigenvalue weighted by Crippen LogP contribution is 2.36. The molecule has 16 N–H and O–H groups in total. The van der Waals surface area contributed by atoms with E-state index < -0.39 is 123 Å². The molecule has 0 spiro atoms. The summed E-state index contributed by atoms with van der Waals surface area (Å²) in [5.41, 5.74) is -1.41. The van der Waals surface area contributed by atoms with Crippen LogP contribution >= 0.6 is 0 Å². The molecular weight excluding hydrogens is 1750 g/mol. The van der Waals surface area contributed by atoms with Gasteiger partial charge < -0.3 is 168 Å². The minimum absolute atomic E-state index is 0.0405. The molecule has 4 fully saturated rings. The van der Waals surface area contributed by atoms with Crippen LogP contribution in [0.5, 0.6) is 0 Å². The first-order valence-corrected chi connectivity index (χ1v) is 49.8. The molecule has 38 nitrogen and oxygen atoms in total. The maximum atomic E-state index is 14.3. The monoisotopic (exact) mass is 1930 g/mol. The summed E-state index contributed by atoms with van der Waals surface area (Å²) >= 11 is 0. The number of nitrogens with zero attached hydrogens (tertiary/aromatic N) is 1. The van der Waals surface area contributed by atoms with Crippen LogP contribution in [0.1, 0.15) is 226 Å². The zero-order chi connectivity index (χ0) is 97.2. The van der Waals surface area contributed by atoms with Gasteiger partial charge in [0, 0.05) is 64.7 Å². The molecule has 0 aromatic rings. The number of allylic oxidation sites excluding steroid dienone is 8. The second-order valence-corrected chi connectivity index (χ2v) is 34.9. The molecule has 38 heteroatoms. The summed E-state index contributed by atoms with van der Waals surface area (Å²) in [6, 6.07) is 0. The Morgan fingerprint density at radius 1 is 0.358 bits per heavy atom. The smallest absolute Gasteiger partial charge is 0.222 e. The Labute approximate surface area is 796 Å². The molecule has 4 amide bonds. The summed E-state index contributed by atoms with van der Waals surface area (Å²) in [5, 5.41) is 131. The lowest BCUT2D eigenvalue weighted by Crippen LogP contribution is -2.59. The van der Waals surface area contributed by atoms with Gasteiger partial charge in [0.25, 0.3) is 0 Å². The van der Waals surface area contributed by atoms with E-state index in [1.165, 1.54) is 103 Å². The molecule has 782 valence electrons. The molecule has 4 aliphatic heterocycles. The van der Waals surface area contributed by atoms with E-state index in [0.29, 0.717) is 19.6 Å². The van der Waals surface area contributed by atoms with Gasteiger partial charge in [-0.2, -0.15) is 0 Å². The number of likely N-dealkylation sites (N-methyl/N-ethyl adjacent to an activating group) is 1. The molecule has 0 saturated carbocycles. The Morgan fingerprint density at radius 2 is 0.679 bits per heavy atom. The summed E-state index contributed by atoms with van der Waals surface area (Å²) in [6.07, 6.45) is 29.4. The zero-order valence-electron chi connectivity index (χ0n) is 80.8. The van der Waals surface area contributed by atoms with Gasteiger partial charge in [0.05, 0.1) is 171 Å². The van der Waals surface area contributed by atoms with Crippen molar-refractivity contribution in [2.75, 3.05) is 205 Å². The first-order valence-electron chi connectivity index (χ1n) is 49.8. The number of carbonyl (C=O) groups is 4. The second-order valence-electron chi connectivity index (χ2n) is 34.9. The number of hydrogen-bond acceptors (Lipinski definition) is 34. The summed E-state index contributed by atoms with van der Waals surface area (Å²) in [4.78, 5) is 56.1. The number of carbonyl (C=O) groups excluding carboxylic acids is 4. The molecular formula is C96H175N5O33. The topological polar surface area (TPSA) is 519 Å². The average molecular weight is 1930 g/mol. The minimum atomic E-state index is -1.58. The lowest BCUT2D eigenvalue weighted by Gasteiger charge is -2.39. The highest BCUT2D eigenvalue weighted by atomic mass is 16.8. The Kier molecular flexibility index (Phi) is 72.1. The first-order chi connectivity index (χ1) is 65.2.